The molecule has 0 aromatic heterocycles. The first kappa shape index (κ1) is 56.8. The number of aromatic carboxylic acids is 1. The Morgan fingerprint density at radius 3 is 2.14 bits per heavy atom. The Bertz CT molecular complexity index is 2460. The molecule has 2 aromatic rings. The van der Waals surface area contributed by atoms with Crippen LogP contribution in [0, 0.1) is 0 Å². The Morgan fingerprint density at radius 2 is 1.41 bits per heavy atom. The molecule has 4 amide bonds. The summed E-state index contributed by atoms with van der Waals surface area (Å²) in [5.74, 6) is -1.77. The fourth-order valence-electron chi connectivity index (χ4n) is 7.93. The van der Waals surface area contributed by atoms with Crippen LogP contribution < -0.4 is 49.2 Å². The second-order valence-corrected chi connectivity index (χ2v) is 17.9. The van der Waals surface area contributed by atoms with E-state index in [1.54, 1.807) is 24.3 Å². The van der Waals surface area contributed by atoms with Crippen molar-refractivity contribution in [2.45, 2.75) is 116 Å². The van der Waals surface area contributed by atoms with E-state index in [2.05, 4.69) is 38.5 Å². The number of carboxylic acids is 1. The number of phenols is 1. The highest BCUT2D eigenvalue weighted by atomic mass is 32.1. The molecule has 1 atom stereocenters. The molecule has 0 saturated carbocycles. The number of unbranched alkanes of at least 4 members (excludes halogenated alkanes) is 9. The highest BCUT2D eigenvalue weighted by Gasteiger charge is 2.23. The molecule has 71 heavy (non-hydrogen) atoms. The van der Waals surface area contributed by atoms with Gasteiger partial charge in [0.15, 0.2) is 16.5 Å². The summed E-state index contributed by atoms with van der Waals surface area (Å²) in [5, 5.41) is 36.1. The van der Waals surface area contributed by atoms with Gasteiger partial charge in [0.2, 0.25) is 23.6 Å². The Morgan fingerprint density at radius 1 is 0.746 bits per heavy atom. The van der Waals surface area contributed by atoms with Crippen molar-refractivity contribution in [3.8, 4) is 28.2 Å². The lowest BCUT2D eigenvalue weighted by molar-refractivity contribution is -0.136. The lowest BCUT2D eigenvalue weighted by atomic mass is 9.90. The number of thiocarbonyl (C=S) groups is 1. The number of aromatic hydroxyl groups is 1. The van der Waals surface area contributed by atoms with Crippen molar-refractivity contribution in [3.05, 3.63) is 70.4 Å². The van der Waals surface area contributed by atoms with Gasteiger partial charge in [-0.05, 0) is 99.1 Å². The van der Waals surface area contributed by atoms with Gasteiger partial charge in [-0.3, -0.25) is 29.0 Å². The summed E-state index contributed by atoms with van der Waals surface area (Å²) in [4.78, 5) is 81.3. The maximum absolute atomic E-state index is 13.3. The summed E-state index contributed by atoms with van der Waals surface area (Å²) in [7, 11) is 0. The fourth-order valence-corrected chi connectivity index (χ4v) is 8.15. The van der Waals surface area contributed by atoms with Gasteiger partial charge in [0.25, 0.3) is 0 Å². The molecule has 19 nitrogen and oxygen atoms in total. The molecule has 0 saturated heterocycles. The number of benzene rings is 3. The maximum Gasteiger partial charge on any atom is 0.336 e. The fraction of sp³-hybridized carbons (Fsp3) is 0.490. The number of amides is 4. The minimum absolute atomic E-state index is 0.00426. The molecule has 1 heterocycles. The number of fused-ring (bicyclic) bond motifs is 2. The zero-order valence-electron chi connectivity index (χ0n) is 40.8. The largest absolute Gasteiger partial charge is 0.508 e. The number of hydrogen-bond acceptors (Lipinski definition) is 11. The first-order valence-corrected chi connectivity index (χ1v) is 25.1. The van der Waals surface area contributed by atoms with Crippen molar-refractivity contribution >= 4 is 69.5 Å². The number of guanidine groups is 1. The third-order valence-corrected chi connectivity index (χ3v) is 12.0. The van der Waals surface area contributed by atoms with Crippen LogP contribution in [0.2, 0.25) is 0 Å². The SMILES string of the molecule is CCCCCCCNC(=O)CN(CCNC(=O)CCCCCCNC(=S)Nc1ccc(-c2c3ccc(=O)cc-3oc3cc(O)ccc23)c(C(=O)O)c1)C(=O)CCCCCNC(=O)C(N)CCCN=C(N)N. The first-order valence-electron chi connectivity index (χ1n) is 24.7. The van der Waals surface area contributed by atoms with E-state index >= 15 is 0 Å². The third kappa shape index (κ3) is 20.2. The van der Waals surface area contributed by atoms with Gasteiger partial charge in [0, 0.05) is 86.4 Å². The quantitative estimate of drug-likeness (QED) is 0.00977. The molecular weight excluding hydrogens is 929 g/mol. The van der Waals surface area contributed by atoms with Crippen LogP contribution in [0.3, 0.4) is 0 Å². The van der Waals surface area contributed by atoms with Crippen LogP contribution in [0.1, 0.15) is 120 Å². The van der Waals surface area contributed by atoms with Gasteiger partial charge in [0.1, 0.15) is 17.1 Å². The minimum atomic E-state index is -1.17. The second-order valence-electron chi connectivity index (χ2n) is 17.5. The molecular formula is C51H72N10O9S. The Kier molecular flexibility index (Phi) is 24.6. The molecule has 4 rings (SSSR count). The van der Waals surface area contributed by atoms with E-state index in [4.69, 9.17) is 33.8 Å². The predicted molar refractivity (Wildman–Crippen MR) is 281 cm³/mol. The zero-order chi connectivity index (χ0) is 51.5. The van der Waals surface area contributed by atoms with Crippen LogP contribution in [0.15, 0.2) is 68.8 Å². The third-order valence-electron chi connectivity index (χ3n) is 11.7. The van der Waals surface area contributed by atoms with Crippen molar-refractivity contribution < 1.29 is 38.6 Å². The molecule has 2 aliphatic rings. The molecule has 0 spiro atoms. The Labute approximate surface area is 420 Å². The minimum Gasteiger partial charge on any atom is -0.508 e. The normalized spacial score (nSPS) is 11.4. The number of aliphatic imine (C=N–C) groups is 1. The van der Waals surface area contributed by atoms with Crippen molar-refractivity contribution in [1.29, 1.82) is 0 Å². The number of nitrogens with one attached hydrogen (secondary N) is 5. The number of hydrogen-bond donors (Lipinski definition) is 10. The number of carboxylic acid groups (broad SMARTS) is 1. The molecule has 1 unspecified atom stereocenters. The van der Waals surface area contributed by atoms with Gasteiger partial charge < -0.3 is 63.3 Å². The van der Waals surface area contributed by atoms with E-state index in [1.807, 2.05) is 0 Å². The van der Waals surface area contributed by atoms with Gasteiger partial charge in [-0.1, -0.05) is 57.9 Å². The summed E-state index contributed by atoms with van der Waals surface area (Å²) < 4.78 is 5.92. The summed E-state index contributed by atoms with van der Waals surface area (Å²) in [6, 6.07) is 13.0. The summed E-state index contributed by atoms with van der Waals surface area (Å²) in [6.07, 6.45) is 11.8. The van der Waals surface area contributed by atoms with Crippen LogP contribution in [-0.2, 0) is 19.2 Å². The number of phenolic OH excluding ortho intramolecular Hbond substituents is 1. The molecule has 0 radical (unpaired) electrons. The number of carbonyl (C=O) groups excluding carboxylic acids is 4. The maximum atomic E-state index is 13.3. The number of carbonyl (C=O) groups is 5. The molecule has 20 heteroatoms. The van der Waals surface area contributed by atoms with Gasteiger partial charge in [-0.25, -0.2) is 4.79 Å². The Hall–Kier alpha value is -6.80. The topological polar surface area (TPSA) is 310 Å². The van der Waals surface area contributed by atoms with Crippen LogP contribution >= 0.6 is 12.2 Å². The van der Waals surface area contributed by atoms with Crippen LogP contribution in [0.4, 0.5) is 5.69 Å². The second kappa shape index (κ2) is 30.7. The molecule has 1 aliphatic carbocycles. The van der Waals surface area contributed by atoms with Gasteiger partial charge in [-0.15, -0.1) is 0 Å². The van der Waals surface area contributed by atoms with E-state index < -0.39 is 12.0 Å². The van der Waals surface area contributed by atoms with Crippen LogP contribution in [-0.4, -0.2) is 108 Å². The average molecular weight is 1000 g/mol. The first-order chi connectivity index (χ1) is 34.2. The van der Waals surface area contributed by atoms with E-state index in [-0.39, 0.29) is 83.7 Å². The molecule has 1 aliphatic heterocycles. The highest BCUT2D eigenvalue weighted by Crippen LogP contribution is 2.42. The molecule has 386 valence electrons. The lowest BCUT2D eigenvalue weighted by Crippen LogP contribution is -2.44. The van der Waals surface area contributed by atoms with E-state index in [1.165, 1.54) is 35.2 Å². The van der Waals surface area contributed by atoms with Crippen molar-refractivity contribution in [2.75, 3.05) is 51.1 Å². The van der Waals surface area contributed by atoms with Crippen molar-refractivity contribution in [2.24, 2.45) is 22.2 Å². The Balaban J connectivity index is 1.16. The number of anilines is 1. The molecule has 2 aromatic carbocycles. The van der Waals surface area contributed by atoms with Crippen LogP contribution in [0.5, 0.6) is 5.75 Å². The average Bonchev–Trinajstić information content (AvgIpc) is 3.33. The summed E-state index contributed by atoms with van der Waals surface area (Å²) in [5.41, 5.74) is 18.5. The lowest BCUT2D eigenvalue weighted by Gasteiger charge is -2.22. The standard InChI is InChI=1S/C51H72N10O9S/c1-2-3-4-6-11-24-55-45(65)33-61(46(66)17-10-8-13-25-57-48(67)41(52)15-14-27-58-50(53)54)29-28-56-44(64)16-9-5-7-12-26-59-51(71)60-34-18-21-37(40(30-34)49(68)69)47-38-22-19-35(62)31-42(38)70-43-32-36(63)20-23-39(43)47/h18-23,30-32,41,62H,2-17,24-29,33,52H2,1H3,(H,55,65)(H,56,64)(H,57,67)(H,68,69)(H4,53,54,58)(H2,59,60,71). The van der Waals surface area contributed by atoms with E-state index in [0.717, 1.165) is 51.4 Å². The predicted octanol–water partition coefficient (Wildman–Crippen LogP) is 5.29. The van der Waals surface area contributed by atoms with Crippen LogP contribution in [0.25, 0.3) is 33.4 Å². The number of rotatable bonds is 32. The van der Waals surface area contributed by atoms with Gasteiger partial charge >= 0.3 is 5.97 Å². The zero-order valence-corrected chi connectivity index (χ0v) is 41.6. The van der Waals surface area contributed by atoms with Gasteiger partial charge in [-0.2, -0.15) is 0 Å². The molecule has 0 fully saturated rings. The van der Waals surface area contributed by atoms with Crippen molar-refractivity contribution in [3.63, 3.8) is 0 Å². The number of nitrogens with two attached hydrogens (primary N) is 3. The van der Waals surface area contributed by atoms with E-state index in [0.29, 0.717) is 104 Å². The number of nitrogens with zero attached hydrogens (tertiary/aromatic N) is 2. The smallest absolute Gasteiger partial charge is 0.336 e. The monoisotopic (exact) mass is 1000 g/mol. The highest BCUT2D eigenvalue weighted by molar-refractivity contribution is 7.80. The molecule has 0 bridgehead atoms. The summed E-state index contributed by atoms with van der Waals surface area (Å²) >= 11 is 5.50. The van der Waals surface area contributed by atoms with E-state index in [9.17, 15) is 39.0 Å². The molecule has 13 N–H and O–H groups in total. The van der Waals surface area contributed by atoms with Gasteiger partial charge in [0.05, 0.1) is 18.2 Å². The van der Waals surface area contributed by atoms with Crippen molar-refractivity contribution in [1.82, 2.24) is 26.2 Å². The summed E-state index contributed by atoms with van der Waals surface area (Å²) in [6.45, 7) is 4.38.